The Hall–Kier alpha value is -2.90. The first kappa shape index (κ1) is 21.8. The Morgan fingerprint density at radius 2 is 1.70 bits per heavy atom. The van der Waals surface area contributed by atoms with Gasteiger partial charge in [0.25, 0.3) is 5.91 Å². The number of carbonyl (C=O) groups excluding carboxylic acids is 1. The summed E-state index contributed by atoms with van der Waals surface area (Å²) < 4.78 is 33.3. The van der Waals surface area contributed by atoms with Crippen LogP contribution < -0.4 is 4.74 Å². The molecular weight excluding hydrogens is 400 g/mol. The van der Waals surface area contributed by atoms with Gasteiger partial charge in [-0.15, -0.1) is 0 Å². The molecule has 0 aromatic heterocycles. The maximum absolute atomic E-state index is 13.2. The SMILES string of the molecule is C=C1/C=C\C=C/C/C=C\C=C/1S(=O)(=O)N1CCN(C(=O)COc2ccccc2)CC1. The first-order valence-corrected chi connectivity index (χ1v) is 11.3. The van der Waals surface area contributed by atoms with Gasteiger partial charge in [-0.25, -0.2) is 8.42 Å². The van der Waals surface area contributed by atoms with Gasteiger partial charge >= 0.3 is 0 Å². The number of benzene rings is 1. The van der Waals surface area contributed by atoms with E-state index in [-0.39, 0.29) is 30.5 Å². The van der Waals surface area contributed by atoms with Gasteiger partial charge in [-0.3, -0.25) is 4.79 Å². The second-order valence-electron chi connectivity index (χ2n) is 6.89. The van der Waals surface area contributed by atoms with Gasteiger partial charge in [0.1, 0.15) is 5.75 Å². The highest BCUT2D eigenvalue weighted by Crippen LogP contribution is 2.23. The number of hydrogen-bond acceptors (Lipinski definition) is 4. The lowest BCUT2D eigenvalue weighted by Crippen LogP contribution is -2.51. The molecule has 0 N–H and O–H groups in total. The molecule has 30 heavy (non-hydrogen) atoms. The monoisotopic (exact) mass is 426 g/mol. The van der Waals surface area contributed by atoms with Crippen LogP contribution in [0.5, 0.6) is 5.75 Å². The third-order valence-corrected chi connectivity index (χ3v) is 6.83. The Balaban J connectivity index is 1.61. The molecule has 0 radical (unpaired) electrons. The molecule has 2 aliphatic rings. The average Bonchev–Trinajstić information content (AvgIpc) is 2.77. The van der Waals surface area contributed by atoms with Gasteiger partial charge in [0.2, 0.25) is 10.0 Å². The van der Waals surface area contributed by atoms with Crippen molar-refractivity contribution >= 4 is 15.9 Å². The van der Waals surface area contributed by atoms with Gasteiger partial charge in [0, 0.05) is 26.2 Å². The fraction of sp³-hybridized carbons (Fsp3) is 0.261. The van der Waals surface area contributed by atoms with Crippen molar-refractivity contribution in [3.63, 3.8) is 0 Å². The molecule has 7 heteroatoms. The van der Waals surface area contributed by atoms with Crippen molar-refractivity contribution in [2.24, 2.45) is 0 Å². The number of allylic oxidation sites excluding steroid dienone is 8. The van der Waals surface area contributed by atoms with Crippen LogP contribution in [-0.2, 0) is 14.8 Å². The summed E-state index contributed by atoms with van der Waals surface area (Å²) in [6.45, 7) is 4.96. The molecular formula is C23H26N2O4S. The van der Waals surface area contributed by atoms with Gasteiger partial charge in [-0.05, 0) is 30.2 Å². The van der Waals surface area contributed by atoms with Crippen molar-refractivity contribution in [2.45, 2.75) is 6.42 Å². The quantitative estimate of drug-likeness (QED) is 0.726. The van der Waals surface area contributed by atoms with Crippen molar-refractivity contribution in [1.82, 2.24) is 9.21 Å². The molecule has 0 bridgehead atoms. The average molecular weight is 427 g/mol. The van der Waals surface area contributed by atoms with Crippen LogP contribution in [0.2, 0.25) is 0 Å². The standard InChI is InChI=1S/C23H26N2O4S/c1-20-11-7-4-2-3-5-10-14-22(20)30(27,28)25-17-15-24(16-18-25)23(26)19-29-21-12-8-6-9-13-21/h2,4-14H,1,3,15-19H2/b4-2-,10-5-,11-7-,22-14+. The summed E-state index contributed by atoms with van der Waals surface area (Å²) in [5.41, 5.74) is 0.431. The summed E-state index contributed by atoms with van der Waals surface area (Å²) in [5, 5.41) is 0. The van der Waals surface area contributed by atoms with Crippen LogP contribution in [0.3, 0.4) is 0 Å². The Bertz CT molecular complexity index is 983. The number of nitrogens with zero attached hydrogens (tertiary/aromatic N) is 2. The number of para-hydroxylation sites is 1. The molecule has 1 aliphatic heterocycles. The minimum absolute atomic E-state index is 0.0676. The fourth-order valence-corrected chi connectivity index (χ4v) is 4.72. The molecule has 0 spiro atoms. The molecule has 1 aromatic rings. The third-order valence-electron chi connectivity index (χ3n) is 4.83. The predicted molar refractivity (Wildman–Crippen MR) is 118 cm³/mol. The molecule has 158 valence electrons. The normalized spacial score (nSPS) is 23.1. The van der Waals surface area contributed by atoms with Crippen LogP contribution in [0.25, 0.3) is 0 Å². The van der Waals surface area contributed by atoms with E-state index in [4.69, 9.17) is 4.74 Å². The molecule has 1 saturated heterocycles. The largest absolute Gasteiger partial charge is 0.484 e. The summed E-state index contributed by atoms with van der Waals surface area (Å²) in [6, 6.07) is 9.13. The van der Waals surface area contributed by atoms with E-state index < -0.39 is 10.0 Å². The second kappa shape index (κ2) is 10.2. The number of sulfonamides is 1. The van der Waals surface area contributed by atoms with Gasteiger partial charge in [-0.1, -0.05) is 61.2 Å². The van der Waals surface area contributed by atoms with Crippen molar-refractivity contribution in [2.75, 3.05) is 32.8 Å². The van der Waals surface area contributed by atoms with Gasteiger partial charge < -0.3 is 9.64 Å². The zero-order chi connectivity index (χ0) is 21.4. The number of rotatable bonds is 5. The third kappa shape index (κ3) is 5.58. The van der Waals surface area contributed by atoms with Crippen molar-refractivity contribution < 1.29 is 17.9 Å². The molecule has 1 amide bonds. The highest BCUT2D eigenvalue weighted by atomic mass is 32.2. The van der Waals surface area contributed by atoms with Crippen LogP contribution in [0.15, 0.2) is 89.9 Å². The maximum atomic E-state index is 13.2. The molecule has 1 fully saturated rings. The Labute approximate surface area is 178 Å². The van der Waals surface area contributed by atoms with E-state index in [1.807, 2.05) is 36.4 Å². The minimum Gasteiger partial charge on any atom is -0.484 e. The second-order valence-corrected chi connectivity index (χ2v) is 8.80. The van der Waals surface area contributed by atoms with Crippen molar-refractivity contribution in [3.8, 4) is 5.75 Å². The lowest BCUT2D eigenvalue weighted by molar-refractivity contribution is -0.134. The first-order chi connectivity index (χ1) is 14.5. The Kier molecular flexibility index (Phi) is 7.43. The van der Waals surface area contributed by atoms with Gasteiger partial charge in [0.15, 0.2) is 6.61 Å². The smallest absolute Gasteiger partial charge is 0.260 e. The number of piperazine rings is 1. The van der Waals surface area contributed by atoms with Crippen LogP contribution in [0.4, 0.5) is 0 Å². The van der Waals surface area contributed by atoms with Crippen molar-refractivity contribution in [3.05, 3.63) is 89.9 Å². The number of carbonyl (C=O) groups is 1. The van der Waals surface area contributed by atoms with Crippen LogP contribution in [0.1, 0.15) is 6.42 Å². The molecule has 6 nitrogen and oxygen atoms in total. The van der Waals surface area contributed by atoms with Crippen LogP contribution in [-0.4, -0.2) is 56.3 Å². The molecule has 1 heterocycles. The Morgan fingerprint density at radius 1 is 1.00 bits per heavy atom. The van der Waals surface area contributed by atoms with E-state index in [0.29, 0.717) is 24.4 Å². The van der Waals surface area contributed by atoms with Crippen molar-refractivity contribution in [1.29, 1.82) is 0 Å². The molecule has 0 atom stereocenters. The molecule has 0 saturated carbocycles. The van der Waals surface area contributed by atoms with Crippen LogP contribution in [0, 0.1) is 0 Å². The van der Waals surface area contributed by atoms with E-state index in [2.05, 4.69) is 6.58 Å². The van der Waals surface area contributed by atoms with Gasteiger partial charge in [0.05, 0.1) is 4.91 Å². The summed E-state index contributed by atoms with van der Waals surface area (Å²) in [4.78, 5) is 14.2. The minimum atomic E-state index is -3.71. The Morgan fingerprint density at radius 3 is 2.43 bits per heavy atom. The predicted octanol–water partition coefficient (Wildman–Crippen LogP) is 3.05. The van der Waals surface area contributed by atoms with E-state index in [0.717, 1.165) is 6.42 Å². The zero-order valence-corrected chi connectivity index (χ0v) is 17.6. The maximum Gasteiger partial charge on any atom is 0.260 e. The summed E-state index contributed by atoms with van der Waals surface area (Å²) in [5.74, 6) is 0.473. The molecule has 1 aliphatic carbocycles. The molecule has 3 rings (SSSR count). The van der Waals surface area contributed by atoms with E-state index in [1.165, 1.54) is 4.31 Å². The lowest BCUT2D eigenvalue weighted by Gasteiger charge is -2.34. The van der Waals surface area contributed by atoms with E-state index in [9.17, 15) is 13.2 Å². The summed E-state index contributed by atoms with van der Waals surface area (Å²) >= 11 is 0. The van der Waals surface area contributed by atoms with Crippen LogP contribution >= 0.6 is 0 Å². The summed E-state index contributed by atoms with van der Waals surface area (Å²) in [7, 11) is -3.71. The van der Waals surface area contributed by atoms with Gasteiger partial charge in [-0.2, -0.15) is 4.31 Å². The summed E-state index contributed by atoms with van der Waals surface area (Å²) in [6.07, 6.45) is 13.3. The fourth-order valence-electron chi connectivity index (χ4n) is 3.15. The number of ether oxygens (including phenoxy) is 1. The highest BCUT2D eigenvalue weighted by Gasteiger charge is 2.32. The number of hydrogen-bond donors (Lipinski definition) is 0. The lowest BCUT2D eigenvalue weighted by atomic mass is 10.2. The molecule has 1 aromatic carbocycles. The highest BCUT2D eigenvalue weighted by molar-refractivity contribution is 7.93. The topological polar surface area (TPSA) is 66.9 Å². The molecule has 0 unspecified atom stereocenters. The van der Waals surface area contributed by atoms with E-state index in [1.54, 1.807) is 41.3 Å². The first-order valence-electron chi connectivity index (χ1n) is 9.83. The van der Waals surface area contributed by atoms with E-state index >= 15 is 0 Å². The number of amides is 1. The zero-order valence-electron chi connectivity index (χ0n) is 16.8.